The van der Waals surface area contributed by atoms with Crippen molar-refractivity contribution in [2.75, 3.05) is 5.32 Å². The highest BCUT2D eigenvalue weighted by Gasteiger charge is 2.09. The lowest BCUT2D eigenvalue weighted by atomic mass is 10.0. The zero-order valence-corrected chi connectivity index (χ0v) is 12.2. The maximum atomic E-state index is 5.61. The molecule has 19 heavy (non-hydrogen) atoms. The molecule has 1 heterocycles. The van der Waals surface area contributed by atoms with Crippen molar-refractivity contribution in [2.24, 2.45) is 0 Å². The van der Waals surface area contributed by atoms with E-state index in [4.69, 9.17) is 4.42 Å². The molecule has 1 aromatic carbocycles. The Balaban J connectivity index is 2.18. The van der Waals surface area contributed by atoms with Crippen molar-refractivity contribution in [3.63, 3.8) is 0 Å². The van der Waals surface area contributed by atoms with Gasteiger partial charge in [-0.2, -0.15) is 0 Å². The largest absolute Gasteiger partial charge is 0.444 e. The quantitative estimate of drug-likeness (QED) is 0.880. The highest BCUT2D eigenvalue weighted by Crippen LogP contribution is 2.23. The summed E-state index contributed by atoms with van der Waals surface area (Å²) in [4.78, 5) is 4.41. The van der Waals surface area contributed by atoms with Crippen molar-refractivity contribution in [3.05, 3.63) is 46.7 Å². The lowest BCUT2D eigenvalue weighted by Gasteiger charge is -2.14. The maximum Gasteiger partial charge on any atom is 0.213 e. The average Bonchev–Trinajstić information content (AvgIpc) is 2.75. The van der Waals surface area contributed by atoms with Gasteiger partial charge in [-0.25, -0.2) is 4.98 Å². The van der Waals surface area contributed by atoms with E-state index in [-0.39, 0.29) is 0 Å². The summed E-state index contributed by atoms with van der Waals surface area (Å²) in [7, 11) is 0. The minimum atomic E-state index is 0.638. The lowest BCUT2D eigenvalue weighted by Crippen LogP contribution is -2.05. The summed E-state index contributed by atoms with van der Waals surface area (Å²) in [5.74, 6) is 1.65. The van der Waals surface area contributed by atoms with E-state index in [0.717, 1.165) is 30.2 Å². The molecule has 0 aliphatic rings. The zero-order chi connectivity index (χ0) is 13.8. The van der Waals surface area contributed by atoms with Gasteiger partial charge in [-0.15, -0.1) is 0 Å². The SMILES string of the molecule is CCc1cccc(CC)c1NCc1nc(C)c(C)o1. The molecule has 3 nitrogen and oxygen atoms in total. The lowest BCUT2D eigenvalue weighted by molar-refractivity contribution is 0.478. The van der Waals surface area contributed by atoms with Gasteiger partial charge in [-0.3, -0.25) is 0 Å². The number of hydrogen-bond acceptors (Lipinski definition) is 3. The van der Waals surface area contributed by atoms with Gasteiger partial charge in [0, 0.05) is 5.69 Å². The van der Waals surface area contributed by atoms with Gasteiger partial charge in [-0.1, -0.05) is 32.0 Å². The minimum Gasteiger partial charge on any atom is -0.444 e. The summed E-state index contributed by atoms with van der Waals surface area (Å²) in [5.41, 5.74) is 4.90. The molecule has 0 radical (unpaired) electrons. The Morgan fingerprint density at radius 3 is 2.21 bits per heavy atom. The molecule has 0 spiro atoms. The van der Waals surface area contributed by atoms with Crippen LogP contribution in [0.25, 0.3) is 0 Å². The highest BCUT2D eigenvalue weighted by atomic mass is 16.4. The topological polar surface area (TPSA) is 38.1 Å². The fraction of sp³-hybridized carbons (Fsp3) is 0.438. The van der Waals surface area contributed by atoms with Crippen LogP contribution in [0.2, 0.25) is 0 Å². The molecule has 0 atom stereocenters. The summed E-state index contributed by atoms with van der Waals surface area (Å²) in [6.07, 6.45) is 2.06. The van der Waals surface area contributed by atoms with Crippen LogP contribution in [0.15, 0.2) is 22.6 Å². The van der Waals surface area contributed by atoms with E-state index >= 15 is 0 Å². The van der Waals surface area contributed by atoms with E-state index in [1.807, 2.05) is 13.8 Å². The van der Waals surface area contributed by atoms with Gasteiger partial charge < -0.3 is 9.73 Å². The zero-order valence-electron chi connectivity index (χ0n) is 12.2. The van der Waals surface area contributed by atoms with E-state index in [1.54, 1.807) is 0 Å². The predicted molar refractivity (Wildman–Crippen MR) is 78.5 cm³/mol. The molecular weight excluding hydrogens is 236 g/mol. The Morgan fingerprint density at radius 1 is 1.11 bits per heavy atom. The molecule has 2 rings (SSSR count). The number of nitrogens with one attached hydrogen (secondary N) is 1. The van der Waals surface area contributed by atoms with Gasteiger partial charge in [0.15, 0.2) is 0 Å². The number of aryl methyl sites for hydroxylation is 4. The van der Waals surface area contributed by atoms with Crippen LogP contribution in [0.3, 0.4) is 0 Å². The van der Waals surface area contributed by atoms with Crippen molar-refractivity contribution in [1.82, 2.24) is 4.98 Å². The fourth-order valence-electron chi connectivity index (χ4n) is 2.25. The van der Waals surface area contributed by atoms with Crippen molar-refractivity contribution in [2.45, 2.75) is 47.1 Å². The molecular formula is C16H22N2O. The van der Waals surface area contributed by atoms with Crippen LogP contribution >= 0.6 is 0 Å². The van der Waals surface area contributed by atoms with E-state index < -0.39 is 0 Å². The van der Waals surface area contributed by atoms with Crippen molar-refractivity contribution in [1.29, 1.82) is 0 Å². The second-order valence-electron chi connectivity index (χ2n) is 4.76. The van der Waals surface area contributed by atoms with E-state index in [2.05, 4.69) is 42.3 Å². The van der Waals surface area contributed by atoms with E-state index in [1.165, 1.54) is 16.8 Å². The molecule has 0 saturated carbocycles. The van der Waals surface area contributed by atoms with Gasteiger partial charge in [0.2, 0.25) is 5.89 Å². The molecule has 0 amide bonds. The maximum absolute atomic E-state index is 5.61. The number of benzene rings is 1. The van der Waals surface area contributed by atoms with Crippen LogP contribution < -0.4 is 5.32 Å². The van der Waals surface area contributed by atoms with Crippen LogP contribution in [0.4, 0.5) is 5.69 Å². The first-order valence-corrected chi connectivity index (χ1v) is 6.93. The average molecular weight is 258 g/mol. The van der Waals surface area contributed by atoms with E-state index in [0.29, 0.717) is 6.54 Å². The Kier molecular flexibility index (Phi) is 4.25. The summed E-state index contributed by atoms with van der Waals surface area (Å²) < 4.78 is 5.61. The molecule has 0 aliphatic carbocycles. The third-order valence-corrected chi connectivity index (χ3v) is 3.49. The van der Waals surface area contributed by atoms with Gasteiger partial charge in [0.05, 0.1) is 12.2 Å². The van der Waals surface area contributed by atoms with Crippen LogP contribution in [-0.2, 0) is 19.4 Å². The van der Waals surface area contributed by atoms with Gasteiger partial charge >= 0.3 is 0 Å². The normalized spacial score (nSPS) is 10.7. The molecule has 0 fully saturated rings. The van der Waals surface area contributed by atoms with Crippen LogP contribution in [0.5, 0.6) is 0 Å². The van der Waals surface area contributed by atoms with Crippen molar-refractivity contribution < 1.29 is 4.42 Å². The van der Waals surface area contributed by atoms with Gasteiger partial charge in [0.1, 0.15) is 5.76 Å². The number of oxazole rings is 1. The standard InChI is InChI=1S/C16H22N2O/c1-5-13-8-7-9-14(6-2)16(13)17-10-15-18-11(3)12(4)19-15/h7-9,17H,5-6,10H2,1-4H3. The second kappa shape index (κ2) is 5.91. The number of anilines is 1. The van der Waals surface area contributed by atoms with E-state index in [9.17, 15) is 0 Å². The summed E-state index contributed by atoms with van der Waals surface area (Å²) in [6.45, 7) is 8.92. The summed E-state index contributed by atoms with van der Waals surface area (Å²) in [6, 6.07) is 6.48. The Labute approximate surface area is 115 Å². The molecule has 1 aromatic heterocycles. The molecule has 0 bridgehead atoms. The first kappa shape index (κ1) is 13.7. The Hall–Kier alpha value is -1.77. The number of rotatable bonds is 5. The van der Waals surface area contributed by atoms with Crippen LogP contribution in [0.1, 0.15) is 42.3 Å². The van der Waals surface area contributed by atoms with Crippen LogP contribution in [0, 0.1) is 13.8 Å². The Bertz CT molecular complexity index is 516. The van der Waals surface area contributed by atoms with Crippen molar-refractivity contribution >= 4 is 5.69 Å². The molecule has 102 valence electrons. The third-order valence-electron chi connectivity index (χ3n) is 3.49. The molecule has 0 aliphatic heterocycles. The third kappa shape index (κ3) is 2.98. The highest BCUT2D eigenvalue weighted by molar-refractivity contribution is 5.57. The predicted octanol–water partition coefficient (Wildman–Crippen LogP) is 4.03. The smallest absolute Gasteiger partial charge is 0.213 e. The molecule has 1 N–H and O–H groups in total. The monoisotopic (exact) mass is 258 g/mol. The number of nitrogens with zero attached hydrogens (tertiary/aromatic N) is 1. The first-order chi connectivity index (χ1) is 9.15. The minimum absolute atomic E-state index is 0.638. The number of aromatic nitrogens is 1. The molecule has 3 heteroatoms. The second-order valence-corrected chi connectivity index (χ2v) is 4.76. The molecule has 0 unspecified atom stereocenters. The Morgan fingerprint density at radius 2 is 1.74 bits per heavy atom. The first-order valence-electron chi connectivity index (χ1n) is 6.93. The summed E-state index contributed by atoms with van der Waals surface area (Å²) in [5, 5.41) is 3.48. The fourth-order valence-corrected chi connectivity index (χ4v) is 2.25. The van der Waals surface area contributed by atoms with Gasteiger partial charge in [-0.05, 0) is 37.8 Å². The summed E-state index contributed by atoms with van der Waals surface area (Å²) >= 11 is 0. The van der Waals surface area contributed by atoms with Gasteiger partial charge in [0.25, 0.3) is 0 Å². The number of para-hydroxylation sites is 1. The van der Waals surface area contributed by atoms with Crippen LogP contribution in [-0.4, -0.2) is 4.98 Å². The van der Waals surface area contributed by atoms with Crippen molar-refractivity contribution in [3.8, 4) is 0 Å². The number of hydrogen-bond donors (Lipinski definition) is 1. The molecule has 2 aromatic rings. The molecule has 0 saturated heterocycles.